The van der Waals surface area contributed by atoms with Gasteiger partial charge in [-0.3, -0.25) is 4.79 Å². The second-order valence-electron chi connectivity index (χ2n) is 8.48. The van der Waals surface area contributed by atoms with Crippen LogP contribution in [-0.4, -0.2) is 50.3 Å². The van der Waals surface area contributed by atoms with Crippen molar-refractivity contribution in [1.82, 2.24) is 10.2 Å². The van der Waals surface area contributed by atoms with Crippen molar-refractivity contribution < 1.29 is 40.6 Å². The number of carbonyl (C=O) groups is 1. The lowest BCUT2D eigenvalue weighted by atomic mass is 10.0. The fourth-order valence-corrected chi connectivity index (χ4v) is 4.26. The number of halogens is 6. The molecular formula is C25H25F6N3O3S. The molecule has 0 spiro atoms. The van der Waals surface area contributed by atoms with Crippen molar-refractivity contribution in [2.75, 3.05) is 34.3 Å². The largest absolute Gasteiger partial charge is 0.493 e. The van der Waals surface area contributed by atoms with Crippen LogP contribution in [0.15, 0.2) is 46.3 Å². The molecule has 1 N–H and O–H groups in total. The first kappa shape index (κ1) is 29.4. The van der Waals surface area contributed by atoms with E-state index in [0.29, 0.717) is 28.2 Å². The smallest absolute Gasteiger partial charge is 0.416 e. The van der Waals surface area contributed by atoms with Gasteiger partial charge in [0.2, 0.25) is 0 Å². The monoisotopic (exact) mass is 561 g/mol. The van der Waals surface area contributed by atoms with Crippen LogP contribution in [0.25, 0.3) is 6.08 Å². The van der Waals surface area contributed by atoms with E-state index in [-0.39, 0.29) is 17.6 Å². The van der Waals surface area contributed by atoms with Crippen molar-refractivity contribution in [3.05, 3.63) is 63.6 Å². The summed E-state index contributed by atoms with van der Waals surface area (Å²) in [6.07, 6.45) is -7.46. The third-order valence-electron chi connectivity index (χ3n) is 5.29. The number of methoxy groups -OCH3 is 1. The fraction of sp³-hybridized carbons (Fsp3) is 0.360. The Kier molecular flexibility index (Phi) is 9.36. The first-order valence-corrected chi connectivity index (χ1v) is 12.1. The Balaban J connectivity index is 1.71. The van der Waals surface area contributed by atoms with Crippen LogP contribution in [0, 0.1) is 0 Å². The van der Waals surface area contributed by atoms with E-state index < -0.39 is 41.6 Å². The summed E-state index contributed by atoms with van der Waals surface area (Å²) >= 11 is 1.18. The molecule has 1 amide bonds. The number of amidine groups is 1. The second-order valence-corrected chi connectivity index (χ2v) is 9.51. The topological polar surface area (TPSA) is 63.2 Å². The normalized spacial score (nSPS) is 15.3. The van der Waals surface area contributed by atoms with Gasteiger partial charge in [-0.25, -0.2) is 0 Å². The maximum absolute atomic E-state index is 13.4. The summed E-state index contributed by atoms with van der Waals surface area (Å²) in [6.45, 7) is 0.889. The van der Waals surface area contributed by atoms with E-state index in [9.17, 15) is 31.1 Å². The first-order chi connectivity index (χ1) is 17.8. The third kappa shape index (κ3) is 7.90. The number of nitrogens with one attached hydrogen (secondary N) is 1. The van der Waals surface area contributed by atoms with E-state index in [1.165, 1.54) is 31.0 Å². The molecule has 0 aliphatic carbocycles. The van der Waals surface area contributed by atoms with E-state index in [2.05, 4.69) is 10.3 Å². The van der Waals surface area contributed by atoms with Crippen molar-refractivity contribution in [2.24, 2.45) is 4.99 Å². The molecule has 1 aliphatic rings. The predicted octanol–water partition coefficient (Wildman–Crippen LogP) is 5.82. The lowest BCUT2D eigenvalue weighted by Gasteiger charge is -2.17. The Labute approximate surface area is 219 Å². The predicted molar refractivity (Wildman–Crippen MR) is 133 cm³/mol. The molecule has 3 rings (SSSR count). The van der Waals surface area contributed by atoms with Crippen LogP contribution in [0.3, 0.4) is 0 Å². The van der Waals surface area contributed by atoms with Crippen molar-refractivity contribution in [2.45, 2.75) is 25.4 Å². The fourth-order valence-electron chi connectivity index (χ4n) is 3.42. The van der Waals surface area contributed by atoms with Gasteiger partial charge in [-0.05, 0) is 74.7 Å². The van der Waals surface area contributed by atoms with Crippen LogP contribution in [-0.2, 0) is 23.8 Å². The van der Waals surface area contributed by atoms with Gasteiger partial charge in [0.15, 0.2) is 16.7 Å². The van der Waals surface area contributed by atoms with Gasteiger partial charge in [-0.2, -0.15) is 31.3 Å². The molecule has 2 aromatic carbocycles. The van der Waals surface area contributed by atoms with Gasteiger partial charge in [-0.1, -0.05) is 12.1 Å². The lowest BCUT2D eigenvalue weighted by molar-refractivity contribution is -0.143. The summed E-state index contributed by atoms with van der Waals surface area (Å²) in [4.78, 5) is 18.7. The number of thioether (sulfide) groups is 1. The number of aliphatic imine (C=N–C) groups is 1. The van der Waals surface area contributed by atoms with Gasteiger partial charge in [0, 0.05) is 12.1 Å². The quantitative estimate of drug-likeness (QED) is 0.237. The Morgan fingerprint density at radius 1 is 1.03 bits per heavy atom. The van der Waals surface area contributed by atoms with Gasteiger partial charge in [0.05, 0.1) is 23.1 Å². The average molecular weight is 562 g/mol. The molecule has 0 saturated heterocycles. The van der Waals surface area contributed by atoms with Crippen molar-refractivity contribution >= 4 is 28.9 Å². The van der Waals surface area contributed by atoms with Gasteiger partial charge in [0.25, 0.3) is 5.91 Å². The highest BCUT2D eigenvalue weighted by atomic mass is 32.2. The summed E-state index contributed by atoms with van der Waals surface area (Å²) < 4.78 is 89.7. The minimum atomic E-state index is -5.01. The highest BCUT2D eigenvalue weighted by Crippen LogP contribution is 2.38. The van der Waals surface area contributed by atoms with Crippen molar-refractivity contribution in [1.29, 1.82) is 0 Å². The Morgan fingerprint density at radius 2 is 1.76 bits per heavy atom. The number of alkyl halides is 6. The molecule has 38 heavy (non-hydrogen) atoms. The van der Waals surface area contributed by atoms with Gasteiger partial charge in [0.1, 0.15) is 6.61 Å². The Morgan fingerprint density at radius 3 is 2.39 bits per heavy atom. The molecule has 0 fully saturated rings. The number of rotatable bonds is 9. The molecule has 0 saturated carbocycles. The van der Waals surface area contributed by atoms with Crippen molar-refractivity contribution in [3.63, 3.8) is 0 Å². The molecule has 0 radical (unpaired) electrons. The molecule has 0 bridgehead atoms. The number of amides is 1. The van der Waals surface area contributed by atoms with Crippen LogP contribution in [0.4, 0.5) is 26.3 Å². The minimum Gasteiger partial charge on any atom is -0.493 e. The summed E-state index contributed by atoms with van der Waals surface area (Å²) in [5, 5.41) is 3.60. The minimum absolute atomic E-state index is 0.0644. The van der Waals surface area contributed by atoms with Crippen LogP contribution in [0.5, 0.6) is 11.5 Å². The molecule has 0 aromatic heterocycles. The van der Waals surface area contributed by atoms with Crippen LogP contribution < -0.4 is 14.8 Å². The van der Waals surface area contributed by atoms with Crippen LogP contribution in [0.2, 0.25) is 0 Å². The highest BCUT2D eigenvalue weighted by molar-refractivity contribution is 8.18. The molecule has 2 aromatic rings. The number of nitrogens with zero attached hydrogens (tertiary/aromatic N) is 2. The summed E-state index contributed by atoms with van der Waals surface area (Å²) in [7, 11) is 5.25. The zero-order chi connectivity index (χ0) is 28.1. The molecule has 1 heterocycles. The first-order valence-electron chi connectivity index (χ1n) is 11.3. The standard InChI is InChI=1S/C25H25F6N3O3S/c1-34(2)10-4-9-32-23-33-22(35)21(38-23)12-15-5-8-19(20(11-15)36-3)37-14-16-6-7-17(24(26,27)28)13-18(16)25(29,30)31/h5-8,11-13H,4,9-10,14H2,1-3H3,(H,32,33,35)/b21-12+. The zero-order valence-electron chi connectivity index (χ0n) is 20.7. The molecular weight excluding hydrogens is 536 g/mol. The van der Waals surface area contributed by atoms with E-state index in [1.807, 2.05) is 19.0 Å². The van der Waals surface area contributed by atoms with Crippen molar-refractivity contribution in [3.8, 4) is 11.5 Å². The number of benzene rings is 2. The average Bonchev–Trinajstić information content (AvgIpc) is 3.18. The van der Waals surface area contributed by atoms with Gasteiger partial charge >= 0.3 is 12.4 Å². The van der Waals surface area contributed by atoms with E-state index in [4.69, 9.17) is 9.47 Å². The number of carbonyl (C=O) groups excluding carboxylic acids is 1. The van der Waals surface area contributed by atoms with E-state index >= 15 is 0 Å². The summed E-state index contributed by atoms with van der Waals surface area (Å²) in [5.74, 6) is -0.169. The molecule has 6 nitrogen and oxygen atoms in total. The SMILES string of the molecule is COc1cc(/C=C2/SC(NCCCN(C)C)=NC2=O)ccc1OCc1ccc(C(F)(F)F)cc1C(F)(F)F. The van der Waals surface area contributed by atoms with Gasteiger partial charge < -0.3 is 19.7 Å². The number of hydrogen-bond acceptors (Lipinski definition) is 6. The van der Waals surface area contributed by atoms with Crippen LogP contribution in [0.1, 0.15) is 28.7 Å². The second kappa shape index (κ2) is 12.1. The maximum atomic E-state index is 13.4. The van der Waals surface area contributed by atoms with E-state index in [0.717, 1.165) is 19.0 Å². The Bertz CT molecular complexity index is 1230. The summed E-state index contributed by atoms with van der Waals surface area (Å²) in [5.41, 5.74) is -2.75. The molecule has 1 aliphatic heterocycles. The van der Waals surface area contributed by atoms with Gasteiger partial charge in [-0.15, -0.1) is 0 Å². The number of hydrogen-bond donors (Lipinski definition) is 1. The molecule has 13 heteroatoms. The van der Waals surface area contributed by atoms with Crippen LogP contribution >= 0.6 is 11.8 Å². The lowest BCUT2D eigenvalue weighted by Crippen LogP contribution is -2.24. The molecule has 206 valence electrons. The zero-order valence-corrected chi connectivity index (χ0v) is 21.5. The Hall–Kier alpha value is -3.19. The third-order valence-corrected chi connectivity index (χ3v) is 6.23. The number of ether oxygens (including phenoxy) is 2. The summed E-state index contributed by atoms with van der Waals surface area (Å²) in [6, 6.07) is 5.91. The maximum Gasteiger partial charge on any atom is 0.416 e. The molecule has 0 atom stereocenters. The van der Waals surface area contributed by atoms with E-state index in [1.54, 1.807) is 12.1 Å². The highest BCUT2D eigenvalue weighted by Gasteiger charge is 2.38. The molecule has 0 unspecified atom stereocenters.